The lowest BCUT2D eigenvalue weighted by atomic mass is 10.3. The van der Waals surface area contributed by atoms with Gasteiger partial charge in [0.25, 0.3) is 5.56 Å². The number of aromatic amines is 1. The van der Waals surface area contributed by atoms with Gasteiger partial charge in [-0.3, -0.25) is 14.3 Å². The van der Waals surface area contributed by atoms with Crippen LogP contribution in [0.4, 0.5) is 13.2 Å². The molecule has 0 saturated heterocycles. The summed E-state index contributed by atoms with van der Waals surface area (Å²) in [6.07, 6.45) is -4.00. The van der Waals surface area contributed by atoms with Crippen molar-refractivity contribution < 1.29 is 13.2 Å². The van der Waals surface area contributed by atoms with E-state index in [-0.39, 0.29) is 24.1 Å². The van der Waals surface area contributed by atoms with Crippen molar-refractivity contribution in [3.63, 3.8) is 0 Å². The number of aromatic nitrogens is 4. The number of allylic oxidation sites excluding steroid dienone is 1. The van der Waals surface area contributed by atoms with Crippen molar-refractivity contribution >= 4 is 11.2 Å². The zero-order chi connectivity index (χ0) is 16.5. The predicted molar refractivity (Wildman–Crippen MR) is 74.8 cm³/mol. The minimum Gasteiger partial charge on any atom is -0.318 e. The van der Waals surface area contributed by atoms with E-state index in [1.807, 2.05) is 0 Å². The molecule has 0 aliphatic heterocycles. The van der Waals surface area contributed by atoms with Gasteiger partial charge in [-0.2, -0.15) is 13.2 Å². The monoisotopic (exact) mass is 316 g/mol. The molecule has 0 unspecified atom stereocenters. The maximum atomic E-state index is 12.2. The van der Waals surface area contributed by atoms with E-state index in [1.165, 1.54) is 0 Å². The molecule has 2 aromatic rings. The smallest absolute Gasteiger partial charge is 0.318 e. The summed E-state index contributed by atoms with van der Waals surface area (Å²) < 4.78 is 39.3. The first-order chi connectivity index (χ1) is 10.2. The molecule has 22 heavy (non-hydrogen) atoms. The Labute approximate surface area is 122 Å². The van der Waals surface area contributed by atoms with Crippen molar-refractivity contribution in [1.29, 1.82) is 0 Å². The van der Waals surface area contributed by atoms with Gasteiger partial charge in [-0.1, -0.05) is 6.08 Å². The fourth-order valence-corrected chi connectivity index (χ4v) is 2.28. The second kappa shape index (κ2) is 5.82. The van der Waals surface area contributed by atoms with E-state index in [2.05, 4.69) is 16.5 Å². The van der Waals surface area contributed by atoms with Crippen molar-refractivity contribution in [2.75, 3.05) is 0 Å². The molecule has 0 aromatic carbocycles. The van der Waals surface area contributed by atoms with Crippen LogP contribution in [-0.2, 0) is 13.1 Å². The highest BCUT2D eigenvalue weighted by Gasteiger charge is 2.26. The van der Waals surface area contributed by atoms with Crippen LogP contribution in [0.2, 0.25) is 0 Å². The summed E-state index contributed by atoms with van der Waals surface area (Å²) in [5.74, 6) is 0.482. The van der Waals surface area contributed by atoms with Crippen molar-refractivity contribution in [3.8, 4) is 0 Å². The van der Waals surface area contributed by atoms with E-state index >= 15 is 0 Å². The van der Waals surface area contributed by atoms with Crippen molar-refractivity contribution in [3.05, 3.63) is 39.3 Å². The summed E-state index contributed by atoms with van der Waals surface area (Å²) in [5.41, 5.74) is -1.13. The number of aryl methyl sites for hydroxylation is 2. The lowest BCUT2D eigenvalue weighted by Gasteiger charge is -2.08. The average Bonchev–Trinajstić information content (AvgIpc) is 2.70. The first-order valence-electron chi connectivity index (χ1n) is 6.62. The quantitative estimate of drug-likeness (QED) is 0.854. The van der Waals surface area contributed by atoms with Crippen LogP contribution in [0.25, 0.3) is 11.2 Å². The molecule has 0 radical (unpaired) electrons. The molecular weight excluding hydrogens is 301 g/mol. The molecule has 0 aliphatic rings. The van der Waals surface area contributed by atoms with E-state index in [1.54, 1.807) is 17.6 Å². The first-order valence-corrected chi connectivity index (χ1v) is 6.62. The van der Waals surface area contributed by atoms with Crippen molar-refractivity contribution in [2.45, 2.75) is 39.0 Å². The van der Waals surface area contributed by atoms with Gasteiger partial charge in [-0.25, -0.2) is 9.78 Å². The second-order valence-corrected chi connectivity index (χ2v) is 4.86. The molecule has 2 rings (SSSR count). The Balaban J connectivity index is 2.50. The molecule has 2 aromatic heterocycles. The molecule has 120 valence electrons. The summed E-state index contributed by atoms with van der Waals surface area (Å²) in [6, 6.07) is 0. The highest BCUT2D eigenvalue weighted by molar-refractivity contribution is 5.70. The molecule has 0 spiro atoms. The number of H-pyrrole nitrogens is 1. The van der Waals surface area contributed by atoms with Crippen LogP contribution in [-0.4, -0.2) is 25.3 Å². The standard InChI is InChI=1S/C13H15F3N4O2/c1-3-6-19-8(2)17-10-9(19)11(21)18-12(22)20(10)7-4-5-13(14,15)16/h3H,1,4-7H2,2H3,(H,18,21,22). The Kier molecular flexibility index (Phi) is 4.25. The van der Waals surface area contributed by atoms with Crippen molar-refractivity contribution in [1.82, 2.24) is 19.1 Å². The third kappa shape index (κ3) is 3.12. The minimum absolute atomic E-state index is 0.0928. The van der Waals surface area contributed by atoms with Crippen LogP contribution in [0.15, 0.2) is 22.2 Å². The fourth-order valence-electron chi connectivity index (χ4n) is 2.28. The van der Waals surface area contributed by atoms with Crippen LogP contribution >= 0.6 is 0 Å². The average molecular weight is 316 g/mol. The SMILES string of the molecule is C=CCn1c(C)nc2c1c(=O)[nH]c(=O)n2CCCC(F)(F)F. The highest BCUT2D eigenvalue weighted by atomic mass is 19.4. The third-order valence-corrected chi connectivity index (χ3v) is 3.23. The van der Waals surface area contributed by atoms with Crippen molar-refractivity contribution in [2.24, 2.45) is 0 Å². The molecule has 6 nitrogen and oxygen atoms in total. The molecule has 2 heterocycles. The summed E-state index contributed by atoms with van der Waals surface area (Å²) in [5, 5.41) is 0. The number of nitrogens with zero attached hydrogens (tertiary/aromatic N) is 3. The normalized spacial score (nSPS) is 12.0. The maximum Gasteiger partial charge on any atom is 0.389 e. The largest absolute Gasteiger partial charge is 0.389 e. The second-order valence-electron chi connectivity index (χ2n) is 4.86. The topological polar surface area (TPSA) is 72.7 Å². The molecule has 0 amide bonds. The number of alkyl halides is 3. The minimum atomic E-state index is -4.29. The fraction of sp³-hybridized carbons (Fsp3) is 0.462. The molecule has 0 aliphatic carbocycles. The van der Waals surface area contributed by atoms with E-state index in [0.717, 1.165) is 4.57 Å². The van der Waals surface area contributed by atoms with Gasteiger partial charge in [0.1, 0.15) is 5.82 Å². The van der Waals surface area contributed by atoms with Crippen LogP contribution in [0.5, 0.6) is 0 Å². The summed E-state index contributed by atoms with van der Waals surface area (Å²) in [4.78, 5) is 30.1. The summed E-state index contributed by atoms with van der Waals surface area (Å²) in [6.45, 7) is 5.36. The van der Waals surface area contributed by atoms with Crippen LogP contribution in [0, 0.1) is 6.92 Å². The Hall–Kier alpha value is -2.32. The maximum absolute atomic E-state index is 12.2. The molecule has 0 fully saturated rings. The van der Waals surface area contributed by atoms with E-state index in [0.29, 0.717) is 12.4 Å². The number of fused-ring (bicyclic) bond motifs is 1. The Morgan fingerprint density at radius 2 is 2.00 bits per heavy atom. The lowest BCUT2D eigenvalue weighted by molar-refractivity contribution is -0.135. The number of imidazole rings is 1. The third-order valence-electron chi connectivity index (χ3n) is 3.23. The van der Waals surface area contributed by atoms with Gasteiger partial charge in [0.05, 0.1) is 0 Å². The first kappa shape index (κ1) is 16.1. The Bertz CT molecular complexity index is 814. The highest BCUT2D eigenvalue weighted by Crippen LogP contribution is 2.21. The van der Waals surface area contributed by atoms with E-state index in [4.69, 9.17) is 0 Å². The summed E-state index contributed by atoms with van der Waals surface area (Å²) >= 11 is 0. The van der Waals surface area contributed by atoms with Gasteiger partial charge in [0.2, 0.25) is 0 Å². The molecule has 0 atom stereocenters. The van der Waals surface area contributed by atoms with Crippen LogP contribution in [0.1, 0.15) is 18.7 Å². The number of nitrogens with one attached hydrogen (secondary N) is 1. The molecular formula is C13H15F3N4O2. The van der Waals surface area contributed by atoms with Crippen LogP contribution < -0.4 is 11.2 Å². The predicted octanol–water partition coefficient (Wildman–Crippen LogP) is 1.72. The molecule has 0 bridgehead atoms. The molecule has 1 N–H and O–H groups in total. The zero-order valence-corrected chi connectivity index (χ0v) is 11.9. The van der Waals surface area contributed by atoms with Gasteiger partial charge in [-0.05, 0) is 13.3 Å². The number of halogens is 3. The van der Waals surface area contributed by atoms with Gasteiger partial charge in [0, 0.05) is 19.5 Å². The van der Waals surface area contributed by atoms with Gasteiger partial charge < -0.3 is 4.57 Å². The van der Waals surface area contributed by atoms with Gasteiger partial charge in [-0.15, -0.1) is 6.58 Å². The number of hydrogen-bond donors (Lipinski definition) is 1. The Morgan fingerprint density at radius 1 is 1.32 bits per heavy atom. The molecule has 0 saturated carbocycles. The van der Waals surface area contributed by atoms with E-state index in [9.17, 15) is 22.8 Å². The van der Waals surface area contributed by atoms with E-state index < -0.39 is 23.8 Å². The Morgan fingerprint density at radius 3 is 2.59 bits per heavy atom. The zero-order valence-electron chi connectivity index (χ0n) is 11.9. The summed E-state index contributed by atoms with van der Waals surface area (Å²) in [7, 11) is 0. The molecule has 9 heteroatoms. The van der Waals surface area contributed by atoms with Gasteiger partial charge in [0.15, 0.2) is 11.2 Å². The number of rotatable bonds is 5. The lowest BCUT2D eigenvalue weighted by Crippen LogP contribution is -2.31. The van der Waals surface area contributed by atoms with Gasteiger partial charge >= 0.3 is 11.9 Å². The van der Waals surface area contributed by atoms with Crippen LogP contribution in [0.3, 0.4) is 0 Å². The number of hydrogen-bond acceptors (Lipinski definition) is 3.